The number of aryl methyl sites for hydroxylation is 1. The van der Waals surface area contributed by atoms with Crippen molar-refractivity contribution in [2.75, 3.05) is 27.3 Å². The standard InChI is InChI=1S/C24H21N7O3S2/c1-13-6-7-17-14(10-13)11-19(26-15-4-3-5-16(12-15)31-36(2,33)34)28-22(17)30-24(32)23-27-18-8-9-35-20(18)21(25)29-23/h3-12,31H,1-2H3,(H2,25,27,29)(H2,26,28,30,32). The largest absolute Gasteiger partial charge is 0.382 e. The molecule has 0 saturated heterocycles. The Bertz CT molecular complexity index is 1750. The highest BCUT2D eigenvalue weighted by Gasteiger charge is 2.17. The molecule has 182 valence electrons. The maximum absolute atomic E-state index is 13.1. The number of thiophene rings is 1. The summed E-state index contributed by atoms with van der Waals surface area (Å²) >= 11 is 1.41. The molecule has 2 aromatic carbocycles. The van der Waals surface area contributed by atoms with E-state index < -0.39 is 15.9 Å². The summed E-state index contributed by atoms with van der Waals surface area (Å²) in [4.78, 5) is 26.2. The van der Waals surface area contributed by atoms with Gasteiger partial charge in [0.15, 0.2) is 0 Å². The average Bonchev–Trinajstić information content (AvgIpc) is 3.27. The zero-order valence-corrected chi connectivity index (χ0v) is 20.9. The number of rotatable bonds is 6. The van der Waals surface area contributed by atoms with Gasteiger partial charge in [0.25, 0.3) is 5.91 Å². The van der Waals surface area contributed by atoms with Crippen LogP contribution in [0.1, 0.15) is 16.2 Å². The number of sulfonamides is 1. The Morgan fingerprint density at radius 1 is 1.00 bits per heavy atom. The summed E-state index contributed by atoms with van der Waals surface area (Å²) in [6.07, 6.45) is 1.09. The van der Waals surface area contributed by atoms with Gasteiger partial charge >= 0.3 is 0 Å². The van der Waals surface area contributed by atoms with E-state index in [1.807, 2.05) is 36.6 Å². The second-order valence-electron chi connectivity index (χ2n) is 8.18. The zero-order valence-electron chi connectivity index (χ0n) is 19.2. The number of carbonyl (C=O) groups is 1. The van der Waals surface area contributed by atoms with Crippen molar-refractivity contribution < 1.29 is 13.2 Å². The third-order valence-electron chi connectivity index (χ3n) is 5.19. The SMILES string of the molecule is Cc1ccc2c(NC(=O)c3nc(N)c4sccc4n3)nc(Nc3cccc(NS(C)(=O)=O)c3)cc2c1. The molecule has 0 unspecified atom stereocenters. The minimum Gasteiger partial charge on any atom is -0.382 e. The van der Waals surface area contributed by atoms with Crippen LogP contribution < -0.4 is 21.1 Å². The van der Waals surface area contributed by atoms with Gasteiger partial charge in [-0.15, -0.1) is 11.3 Å². The normalized spacial score (nSPS) is 11.5. The number of hydrogen-bond donors (Lipinski definition) is 4. The van der Waals surface area contributed by atoms with Crippen molar-refractivity contribution in [3.05, 3.63) is 71.4 Å². The molecule has 1 amide bonds. The lowest BCUT2D eigenvalue weighted by Gasteiger charge is -2.13. The van der Waals surface area contributed by atoms with Gasteiger partial charge in [-0.3, -0.25) is 9.52 Å². The highest BCUT2D eigenvalue weighted by Crippen LogP contribution is 2.29. The third-order valence-corrected chi connectivity index (χ3v) is 6.72. The van der Waals surface area contributed by atoms with Crippen LogP contribution >= 0.6 is 11.3 Å². The minimum absolute atomic E-state index is 0.0571. The molecule has 0 aliphatic carbocycles. The van der Waals surface area contributed by atoms with Crippen LogP contribution in [0.15, 0.2) is 60.0 Å². The third kappa shape index (κ3) is 5.04. The van der Waals surface area contributed by atoms with E-state index in [9.17, 15) is 13.2 Å². The van der Waals surface area contributed by atoms with Crippen molar-refractivity contribution >= 4 is 77.1 Å². The zero-order chi connectivity index (χ0) is 25.4. The number of carbonyl (C=O) groups excluding carboxylic acids is 1. The molecule has 0 bridgehead atoms. The number of aromatic nitrogens is 3. The Labute approximate surface area is 210 Å². The molecule has 5 N–H and O–H groups in total. The van der Waals surface area contributed by atoms with Gasteiger partial charge in [-0.05, 0) is 48.0 Å². The van der Waals surface area contributed by atoms with Crippen LogP contribution in [0.4, 0.5) is 28.8 Å². The molecule has 0 atom stereocenters. The van der Waals surface area contributed by atoms with Gasteiger partial charge in [-0.2, -0.15) is 0 Å². The maximum Gasteiger partial charge on any atom is 0.294 e. The number of amides is 1. The summed E-state index contributed by atoms with van der Waals surface area (Å²) in [5, 5.41) is 9.41. The van der Waals surface area contributed by atoms with Crippen LogP contribution in [-0.2, 0) is 10.0 Å². The van der Waals surface area contributed by atoms with E-state index in [0.29, 0.717) is 28.5 Å². The van der Waals surface area contributed by atoms with E-state index in [4.69, 9.17) is 5.73 Å². The highest BCUT2D eigenvalue weighted by molar-refractivity contribution is 7.92. The molecule has 5 rings (SSSR count). The summed E-state index contributed by atoms with van der Waals surface area (Å²) in [6.45, 7) is 1.97. The smallest absolute Gasteiger partial charge is 0.294 e. The Balaban J connectivity index is 1.50. The second-order valence-corrected chi connectivity index (χ2v) is 10.8. The number of nitrogens with one attached hydrogen (secondary N) is 3. The quantitative estimate of drug-likeness (QED) is 0.256. The fourth-order valence-electron chi connectivity index (χ4n) is 3.71. The summed E-state index contributed by atoms with van der Waals surface area (Å²) in [5.41, 5.74) is 8.67. The van der Waals surface area contributed by atoms with E-state index >= 15 is 0 Å². The monoisotopic (exact) mass is 519 g/mol. The fourth-order valence-corrected chi connectivity index (χ4v) is 5.00. The molecule has 3 aromatic heterocycles. The lowest BCUT2D eigenvalue weighted by atomic mass is 10.1. The van der Waals surface area contributed by atoms with Gasteiger partial charge in [-0.1, -0.05) is 29.8 Å². The van der Waals surface area contributed by atoms with Crippen molar-refractivity contribution in [1.82, 2.24) is 15.0 Å². The Kier molecular flexibility index (Phi) is 5.90. The first-order valence-electron chi connectivity index (χ1n) is 10.7. The van der Waals surface area contributed by atoms with Gasteiger partial charge < -0.3 is 16.4 Å². The van der Waals surface area contributed by atoms with E-state index in [-0.39, 0.29) is 11.6 Å². The van der Waals surface area contributed by atoms with Gasteiger partial charge in [0.2, 0.25) is 15.8 Å². The molecule has 36 heavy (non-hydrogen) atoms. The van der Waals surface area contributed by atoms with Crippen LogP contribution in [-0.4, -0.2) is 35.5 Å². The molecule has 5 aromatic rings. The summed E-state index contributed by atoms with van der Waals surface area (Å²) in [5.74, 6) is 0.414. The van der Waals surface area contributed by atoms with Crippen LogP contribution in [0.5, 0.6) is 0 Å². The van der Waals surface area contributed by atoms with Crippen molar-refractivity contribution in [3.8, 4) is 0 Å². The topological polar surface area (TPSA) is 152 Å². The number of fused-ring (bicyclic) bond motifs is 2. The van der Waals surface area contributed by atoms with Crippen molar-refractivity contribution in [3.63, 3.8) is 0 Å². The van der Waals surface area contributed by atoms with Crippen molar-refractivity contribution in [2.24, 2.45) is 0 Å². The molecular weight excluding hydrogens is 498 g/mol. The fraction of sp³-hybridized carbons (Fsp3) is 0.0833. The van der Waals surface area contributed by atoms with Gasteiger partial charge in [-0.25, -0.2) is 23.4 Å². The predicted molar refractivity (Wildman–Crippen MR) is 144 cm³/mol. The Morgan fingerprint density at radius 3 is 2.61 bits per heavy atom. The maximum atomic E-state index is 13.1. The van der Waals surface area contributed by atoms with Crippen molar-refractivity contribution in [1.29, 1.82) is 0 Å². The first-order chi connectivity index (χ1) is 17.1. The molecule has 0 radical (unpaired) electrons. The molecular formula is C24H21N7O3S2. The second kappa shape index (κ2) is 9.06. The first kappa shape index (κ1) is 23.5. The number of anilines is 5. The minimum atomic E-state index is -3.42. The van der Waals surface area contributed by atoms with E-state index in [1.165, 1.54) is 11.3 Å². The van der Waals surface area contributed by atoms with Crippen LogP contribution in [0.2, 0.25) is 0 Å². The lowest BCUT2D eigenvalue weighted by molar-refractivity contribution is 0.101. The van der Waals surface area contributed by atoms with Crippen molar-refractivity contribution in [2.45, 2.75) is 6.92 Å². The molecule has 0 saturated carbocycles. The molecule has 0 fully saturated rings. The number of hydrogen-bond acceptors (Lipinski definition) is 9. The highest BCUT2D eigenvalue weighted by atomic mass is 32.2. The summed E-state index contributed by atoms with van der Waals surface area (Å²) in [6, 6.07) is 16.2. The van der Waals surface area contributed by atoms with Crippen LogP contribution in [0.3, 0.4) is 0 Å². The number of pyridine rings is 1. The van der Waals surface area contributed by atoms with Crippen LogP contribution in [0, 0.1) is 6.92 Å². The molecule has 3 heterocycles. The van der Waals surface area contributed by atoms with Crippen LogP contribution in [0.25, 0.3) is 21.0 Å². The summed E-state index contributed by atoms with van der Waals surface area (Å²) in [7, 11) is -3.42. The average molecular weight is 520 g/mol. The first-order valence-corrected chi connectivity index (χ1v) is 13.5. The number of benzene rings is 2. The Morgan fingerprint density at radius 2 is 1.81 bits per heavy atom. The Hall–Kier alpha value is -4.29. The molecule has 0 spiro atoms. The van der Waals surface area contributed by atoms with Gasteiger partial charge in [0, 0.05) is 11.1 Å². The van der Waals surface area contributed by atoms with Gasteiger partial charge in [0.1, 0.15) is 17.5 Å². The number of nitrogens with two attached hydrogens (primary N) is 1. The molecule has 0 aliphatic rings. The molecule has 0 aliphatic heterocycles. The van der Waals surface area contributed by atoms with Gasteiger partial charge in [0.05, 0.1) is 22.2 Å². The number of nitrogens with zero attached hydrogens (tertiary/aromatic N) is 3. The van der Waals surface area contributed by atoms with E-state index in [0.717, 1.165) is 27.3 Å². The number of nitrogen functional groups attached to an aromatic ring is 1. The molecule has 10 nitrogen and oxygen atoms in total. The van der Waals surface area contributed by atoms with E-state index in [2.05, 4.69) is 30.3 Å². The lowest BCUT2D eigenvalue weighted by Crippen LogP contribution is -2.17. The molecule has 12 heteroatoms. The summed E-state index contributed by atoms with van der Waals surface area (Å²) < 4.78 is 26.4. The van der Waals surface area contributed by atoms with E-state index in [1.54, 1.807) is 30.3 Å². The predicted octanol–water partition coefficient (Wildman–Crippen LogP) is 4.50.